The van der Waals surface area contributed by atoms with Gasteiger partial charge in [0.2, 0.25) is 0 Å². The van der Waals surface area contributed by atoms with Crippen molar-refractivity contribution in [1.29, 1.82) is 0 Å². The van der Waals surface area contributed by atoms with Gasteiger partial charge in [-0.15, -0.1) is 10.2 Å². The first-order chi connectivity index (χ1) is 8.78. The molecule has 18 heavy (non-hydrogen) atoms. The number of nitrogens with zero attached hydrogens (tertiary/aromatic N) is 3. The SMILES string of the molecule is O=Cc1ccn2c(-c3ccc(Cl)cc3)nnc2c1. The van der Waals surface area contributed by atoms with Crippen LogP contribution >= 0.6 is 11.6 Å². The zero-order chi connectivity index (χ0) is 12.5. The molecule has 0 saturated carbocycles. The van der Waals surface area contributed by atoms with E-state index in [1.54, 1.807) is 30.5 Å². The molecular formula is C13H8ClN3O. The Hall–Kier alpha value is -2.20. The summed E-state index contributed by atoms with van der Waals surface area (Å²) >= 11 is 5.85. The van der Waals surface area contributed by atoms with Crippen LogP contribution in [-0.4, -0.2) is 20.9 Å². The van der Waals surface area contributed by atoms with Gasteiger partial charge < -0.3 is 0 Å². The number of carbonyl (C=O) groups is 1. The van der Waals surface area contributed by atoms with Crippen molar-refractivity contribution in [3.05, 3.63) is 53.2 Å². The van der Waals surface area contributed by atoms with E-state index in [4.69, 9.17) is 11.6 Å². The number of hydrogen-bond acceptors (Lipinski definition) is 3. The number of rotatable bonds is 2. The van der Waals surface area contributed by atoms with Gasteiger partial charge in [-0.3, -0.25) is 9.20 Å². The van der Waals surface area contributed by atoms with Crippen molar-refractivity contribution in [2.24, 2.45) is 0 Å². The smallest absolute Gasteiger partial charge is 0.168 e. The van der Waals surface area contributed by atoms with E-state index in [2.05, 4.69) is 10.2 Å². The van der Waals surface area contributed by atoms with Gasteiger partial charge in [0.05, 0.1) is 0 Å². The van der Waals surface area contributed by atoms with Gasteiger partial charge in [-0.2, -0.15) is 0 Å². The normalized spacial score (nSPS) is 10.7. The molecule has 0 fully saturated rings. The van der Waals surface area contributed by atoms with Crippen LogP contribution in [0.3, 0.4) is 0 Å². The van der Waals surface area contributed by atoms with Crippen molar-refractivity contribution in [1.82, 2.24) is 14.6 Å². The molecule has 88 valence electrons. The largest absolute Gasteiger partial charge is 0.298 e. The van der Waals surface area contributed by atoms with E-state index in [1.165, 1.54) is 0 Å². The van der Waals surface area contributed by atoms with E-state index in [9.17, 15) is 4.79 Å². The van der Waals surface area contributed by atoms with E-state index in [0.717, 1.165) is 17.7 Å². The Labute approximate surface area is 108 Å². The molecule has 0 unspecified atom stereocenters. The standard InChI is InChI=1S/C13H8ClN3O/c14-11-3-1-10(2-4-11)13-16-15-12-7-9(8-18)5-6-17(12)13/h1-8H. The fourth-order valence-electron chi connectivity index (χ4n) is 1.78. The summed E-state index contributed by atoms with van der Waals surface area (Å²) in [5.74, 6) is 0.721. The van der Waals surface area contributed by atoms with Crippen molar-refractivity contribution in [2.45, 2.75) is 0 Å². The van der Waals surface area contributed by atoms with E-state index in [1.807, 2.05) is 16.5 Å². The van der Waals surface area contributed by atoms with Crippen LogP contribution in [0.1, 0.15) is 10.4 Å². The highest BCUT2D eigenvalue weighted by Crippen LogP contribution is 2.20. The Balaban J connectivity index is 2.18. The number of hydrogen-bond donors (Lipinski definition) is 0. The molecule has 0 bridgehead atoms. The highest BCUT2D eigenvalue weighted by molar-refractivity contribution is 6.30. The van der Waals surface area contributed by atoms with Crippen LogP contribution in [0.5, 0.6) is 0 Å². The molecule has 3 rings (SSSR count). The minimum atomic E-state index is 0.581. The zero-order valence-corrected chi connectivity index (χ0v) is 10.0. The third-order valence-corrected chi connectivity index (χ3v) is 2.92. The second-order valence-corrected chi connectivity index (χ2v) is 4.27. The maximum atomic E-state index is 10.7. The number of halogens is 1. The number of carbonyl (C=O) groups excluding carboxylic acids is 1. The molecule has 0 radical (unpaired) electrons. The summed E-state index contributed by atoms with van der Waals surface area (Å²) in [6.45, 7) is 0. The first kappa shape index (κ1) is 10.9. The van der Waals surface area contributed by atoms with Crippen molar-refractivity contribution in [3.8, 4) is 11.4 Å². The van der Waals surface area contributed by atoms with Crippen LogP contribution in [0.25, 0.3) is 17.0 Å². The molecule has 2 aromatic heterocycles. The van der Waals surface area contributed by atoms with Gasteiger partial charge in [-0.05, 0) is 36.4 Å². The van der Waals surface area contributed by atoms with Gasteiger partial charge in [0.15, 0.2) is 11.5 Å². The molecule has 0 spiro atoms. The van der Waals surface area contributed by atoms with Crippen LogP contribution < -0.4 is 0 Å². The second-order valence-electron chi connectivity index (χ2n) is 3.84. The lowest BCUT2D eigenvalue weighted by molar-refractivity contribution is 0.112. The molecule has 0 aliphatic heterocycles. The third kappa shape index (κ3) is 1.76. The molecule has 1 aromatic carbocycles. The molecular weight excluding hydrogens is 250 g/mol. The van der Waals surface area contributed by atoms with Gasteiger partial charge in [0, 0.05) is 22.3 Å². The highest BCUT2D eigenvalue weighted by atomic mass is 35.5. The average molecular weight is 258 g/mol. The second kappa shape index (κ2) is 4.23. The topological polar surface area (TPSA) is 47.3 Å². The van der Waals surface area contributed by atoms with Crippen molar-refractivity contribution in [2.75, 3.05) is 0 Å². The summed E-state index contributed by atoms with van der Waals surface area (Å²) in [4.78, 5) is 10.7. The molecule has 0 aliphatic carbocycles. The Morgan fingerprint density at radius 3 is 2.61 bits per heavy atom. The van der Waals surface area contributed by atoms with E-state index in [-0.39, 0.29) is 0 Å². The summed E-state index contributed by atoms with van der Waals surface area (Å²) in [7, 11) is 0. The number of benzene rings is 1. The fourth-order valence-corrected chi connectivity index (χ4v) is 1.90. The van der Waals surface area contributed by atoms with Gasteiger partial charge in [0.1, 0.15) is 6.29 Å². The summed E-state index contributed by atoms with van der Waals surface area (Å²) in [5, 5.41) is 8.85. The van der Waals surface area contributed by atoms with E-state index < -0.39 is 0 Å². The van der Waals surface area contributed by atoms with Crippen LogP contribution in [0.2, 0.25) is 5.02 Å². The lowest BCUT2D eigenvalue weighted by atomic mass is 10.2. The monoisotopic (exact) mass is 257 g/mol. The molecule has 0 amide bonds. The molecule has 3 aromatic rings. The van der Waals surface area contributed by atoms with Crippen LogP contribution in [0.4, 0.5) is 0 Å². The Kier molecular flexibility index (Phi) is 2.57. The molecule has 4 nitrogen and oxygen atoms in total. The minimum Gasteiger partial charge on any atom is -0.298 e. The maximum Gasteiger partial charge on any atom is 0.168 e. The van der Waals surface area contributed by atoms with Crippen LogP contribution in [0.15, 0.2) is 42.6 Å². The molecule has 0 aliphatic rings. The van der Waals surface area contributed by atoms with Crippen molar-refractivity contribution < 1.29 is 4.79 Å². The van der Waals surface area contributed by atoms with Gasteiger partial charge in [-0.25, -0.2) is 0 Å². The predicted octanol–water partition coefficient (Wildman–Crippen LogP) is 2.86. The molecule has 5 heteroatoms. The van der Waals surface area contributed by atoms with Gasteiger partial charge >= 0.3 is 0 Å². The molecule has 2 heterocycles. The van der Waals surface area contributed by atoms with Crippen molar-refractivity contribution in [3.63, 3.8) is 0 Å². The zero-order valence-electron chi connectivity index (χ0n) is 9.25. The maximum absolute atomic E-state index is 10.7. The van der Waals surface area contributed by atoms with Gasteiger partial charge in [-0.1, -0.05) is 11.6 Å². The Bertz CT molecular complexity index is 719. The first-order valence-electron chi connectivity index (χ1n) is 5.34. The van der Waals surface area contributed by atoms with E-state index >= 15 is 0 Å². The number of aromatic nitrogens is 3. The predicted molar refractivity (Wildman–Crippen MR) is 68.8 cm³/mol. The van der Waals surface area contributed by atoms with Crippen molar-refractivity contribution >= 4 is 23.5 Å². The lowest BCUT2D eigenvalue weighted by Crippen LogP contribution is -1.90. The summed E-state index contributed by atoms with van der Waals surface area (Å²) in [5.41, 5.74) is 2.15. The highest BCUT2D eigenvalue weighted by Gasteiger charge is 2.08. The molecule has 0 N–H and O–H groups in total. The fraction of sp³-hybridized carbons (Fsp3) is 0. The first-order valence-corrected chi connectivity index (χ1v) is 5.71. The average Bonchev–Trinajstić information content (AvgIpc) is 2.82. The summed E-state index contributed by atoms with van der Waals surface area (Å²) in [6.07, 6.45) is 2.57. The van der Waals surface area contributed by atoms with Gasteiger partial charge in [0.25, 0.3) is 0 Å². The summed E-state index contributed by atoms with van der Waals surface area (Å²) in [6, 6.07) is 10.8. The minimum absolute atomic E-state index is 0.581. The molecule has 0 atom stereocenters. The number of aldehydes is 1. The number of pyridine rings is 1. The summed E-state index contributed by atoms with van der Waals surface area (Å²) < 4.78 is 1.83. The lowest BCUT2D eigenvalue weighted by Gasteiger charge is -2.00. The quantitative estimate of drug-likeness (QED) is 0.663. The van der Waals surface area contributed by atoms with Crippen LogP contribution in [0, 0.1) is 0 Å². The van der Waals surface area contributed by atoms with E-state index in [0.29, 0.717) is 16.2 Å². The molecule has 0 saturated heterocycles. The Morgan fingerprint density at radius 2 is 1.89 bits per heavy atom. The Morgan fingerprint density at radius 1 is 1.11 bits per heavy atom. The third-order valence-electron chi connectivity index (χ3n) is 2.67. The van der Waals surface area contributed by atoms with Crippen LogP contribution in [-0.2, 0) is 0 Å². The number of fused-ring (bicyclic) bond motifs is 1.